The number of aromatic amines is 1. The number of nitrogens with one attached hydrogen (secondary N) is 2. The zero-order chi connectivity index (χ0) is 15.0. The van der Waals surface area contributed by atoms with E-state index in [1.54, 1.807) is 6.92 Å². The molecule has 1 saturated heterocycles. The lowest BCUT2D eigenvalue weighted by molar-refractivity contribution is 0.229. The minimum atomic E-state index is -0.829. The highest BCUT2D eigenvalue weighted by atomic mass is 19.2. The van der Waals surface area contributed by atoms with Crippen molar-refractivity contribution in [2.75, 3.05) is 32.7 Å². The largest absolute Gasteiger partial charge is 0.342 e. The number of aryl methyl sites for hydroxylation is 1. The Balaban J connectivity index is 1.84. The maximum absolute atomic E-state index is 13.6. The maximum atomic E-state index is 13.6. The smallest absolute Gasteiger partial charge is 0.164 e. The van der Waals surface area contributed by atoms with Gasteiger partial charge >= 0.3 is 0 Å². The predicted octanol–water partition coefficient (Wildman–Crippen LogP) is 2.16. The monoisotopic (exact) mass is 294 g/mol. The molecule has 1 atom stereocenters. The summed E-state index contributed by atoms with van der Waals surface area (Å²) >= 11 is 0. The van der Waals surface area contributed by atoms with Crippen LogP contribution in [0.15, 0.2) is 6.07 Å². The second kappa shape index (κ2) is 5.69. The van der Waals surface area contributed by atoms with Crippen molar-refractivity contribution in [2.24, 2.45) is 0 Å². The first-order valence-electron chi connectivity index (χ1n) is 7.33. The summed E-state index contributed by atoms with van der Waals surface area (Å²) < 4.78 is 27.1. The Morgan fingerprint density at radius 2 is 2.05 bits per heavy atom. The molecule has 0 amide bonds. The maximum Gasteiger partial charge on any atom is 0.164 e. The number of halogens is 2. The molecule has 3 rings (SSSR count). The molecule has 21 heavy (non-hydrogen) atoms. The van der Waals surface area contributed by atoms with E-state index < -0.39 is 11.6 Å². The highest BCUT2D eigenvalue weighted by molar-refractivity contribution is 5.79. The average molecular weight is 294 g/mol. The summed E-state index contributed by atoms with van der Waals surface area (Å²) in [5.74, 6) is -0.655. The molecule has 1 aromatic carbocycles. The normalized spacial score (nSPS) is 18.3. The van der Waals surface area contributed by atoms with Crippen LogP contribution in [0.3, 0.4) is 0 Å². The Kier molecular flexibility index (Phi) is 3.91. The summed E-state index contributed by atoms with van der Waals surface area (Å²) in [6.07, 6.45) is 0. The standard InChI is InChI=1S/C15H20F2N4/c1-9(8-21-5-3-18-4-6-21)15-19-12-7-11(16)13(17)10(2)14(12)20-15/h7,9,18H,3-6,8H2,1-2H3,(H,19,20). The quantitative estimate of drug-likeness (QED) is 0.912. The number of hydrogen-bond acceptors (Lipinski definition) is 3. The van der Waals surface area contributed by atoms with E-state index in [1.165, 1.54) is 6.07 Å². The highest BCUT2D eigenvalue weighted by Gasteiger charge is 2.19. The molecule has 1 aliphatic heterocycles. The molecule has 0 spiro atoms. The molecule has 1 aromatic heterocycles. The van der Waals surface area contributed by atoms with Crippen molar-refractivity contribution in [3.05, 3.63) is 29.1 Å². The number of rotatable bonds is 3. The average Bonchev–Trinajstić information content (AvgIpc) is 2.90. The topological polar surface area (TPSA) is 44.0 Å². The summed E-state index contributed by atoms with van der Waals surface area (Å²) in [7, 11) is 0. The molecule has 6 heteroatoms. The van der Waals surface area contributed by atoms with Crippen molar-refractivity contribution in [3.63, 3.8) is 0 Å². The third-order valence-corrected chi connectivity index (χ3v) is 4.12. The first kappa shape index (κ1) is 14.4. The Hall–Kier alpha value is -1.53. The van der Waals surface area contributed by atoms with Gasteiger partial charge in [-0.1, -0.05) is 6.92 Å². The fraction of sp³-hybridized carbons (Fsp3) is 0.533. The third kappa shape index (κ3) is 2.78. The lowest BCUT2D eigenvalue weighted by Gasteiger charge is -2.29. The van der Waals surface area contributed by atoms with Crippen LogP contribution in [0.5, 0.6) is 0 Å². The number of benzene rings is 1. The summed E-state index contributed by atoms with van der Waals surface area (Å²) in [4.78, 5) is 9.99. The number of fused-ring (bicyclic) bond motifs is 1. The molecule has 0 saturated carbocycles. The fourth-order valence-electron chi connectivity index (χ4n) is 2.87. The molecule has 0 radical (unpaired) electrons. The molecule has 1 unspecified atom stereocenters. The van der Waals surface area contributed by atoms with E-state index in [0.717, 1.165) is 38.5 Å². The van der Waals surface area contributed by atoms with Gasteiger partial charge in [0, 0.05) is 50.3 Å². The summed E-state index contributed by atoms with van der Waals surface area (Å²) in [6, 6.07) is 1.19. The van der Waals surface area contributed by atoms with E-state index in [1.807, 2.05) is 0 Å². The van der Waals surface area contributed by atoms with Crippen molar-refractivity contribution in [1.82, 2.24) is 20.2 Å². The number of piperazine rings is 1. The van der Waals surface area contributed by atoms with Gasteiger partial charge in [0.2, 0.25) is 0 Å². The predicted molar refractivity (Wildman–Crippen MR) is 78.5 cm³/mol. The summed E-state index contributed by atoms with van der Waals surface area (Å²) in [6.45, 7) is 8.59. The summed E-state index contributed by atoms with van der Waals surface area (Å²) in [5, 5.41) is 3.32. The Morgan fingerprint density at radius 3 is 2.76 bits per heavy atom. The van der Waals surface area contributed by atoms with E-state index in [-0.39, 0.29) is 11.5 Å². The minimum Gasteiger partial charge on any atom is -0.342 e. The van der Waals surface area contributed by atoms with Gasteiger partial charge in [0.25, 0.3) is 0 Å². The molecular formula is C15H20F2N4. The number of aromatic nitrogens is 2. The van der Waals surface area contributed by atoms with Gasteiger partial charge in [0.05, 0.1) is 11.0 Å². The third-order valence-electron chi connectivity index (χ3n) is 4.12. The highest BCUT2D eigenvalue weighted by Crippen LogP contribution is 2.24. The fourth-order valence-corrected chi connectivity index (χ4v) is 2.87. The second-order valence-corrected chi connectivity index (χ2v) is 5.77. The van der Waals surface area contributed by atoms with Crippen LogP contribution < -0.4 is 5.32 Å². The van der Waals surface area contributed by atoms with Crippen LogP contribution in [0.25, 0.3) is 11.0 Å². The molecule has 0 aliphatic carbocycles. The Labute approximate surface area is 122 Å². The zero-order valence-electron chi connectivity index (χ0n) is 12.3. The van der Waals surface area contributed by atoms with Crippen molar-refractivity contribution >= 4 is 11.0 Å². The zero-order valence-corrected chi connectivity index (χ0v) is 12.3. The van der Waals surface area contributed by atoms with Crippen LogP contribution in [0, 0.1) is 18.6 Å². The van der Waals surface area contributed by atoms with Gasteiger partial charge in [-0.3, -0.25) is 0 Å². The van der Waals surface area contributed by atoms with Gasteiger partial charge in [0.1, 0.15) is 5.82 Å². The van der Waals surface area contributed by atoms with Crippen LogP contribution in [0.1, 0.15) is 24.2 Å². The number of H-pyrrole nitrogens is 1. The van der Waals surface area contributed by atoms with Gasteiger partial charge in [0.15, 0.2) is 11.6 Å². The van der Waals surface area contributed by atoms with Crippen LogP contribution in [0.4, 0.5) is 8.78 Å². The lowest BCUT2D eigenvalue weighted by Crippen LogP contribution is -2.44. The first-order valence-corrected chi connectivity index (χ1v) is 7.33. The first-order chi connectivity index (χ1) is 10.1. The van der Waals surface area contributed by atoms with E-state index in [2.05, 4.69) is 27.1 Å². The van der Waals surface area contributed by atoms with Crippen LogP contribution >= 0.6 is 0 Å². The van der Waals surface area contributed by atoms with Gasteiger partial charge < -0.3 is 15.2 Å². The van der Waals surface area contributed by atoms with Crippen molar-refractivity contribution in [2.45, 2.75) is 19.8 Å². The van der Waals surface area contributed by atoms with Crippen LogP contribution in [0.2, 0.25) is 0 Å². The molecule has 4 nitrogen and oxygen atoms in total. The molecule has 2 heterocycles. The molecule has 114 valence electrons. The molecule has 2 N–H and O–H groups in total. The van der Waals surface area contributed by atoms with E-state index in [9.17, 15) is 8.78 Å². The van der Waals surface area contributed by atoms with Crippen LogP contribution in [-0.4, -0.2) is 47.6 Å². The van der Waals surface area contributed by atoms with Crippen molar-refractivity contribution < 1.29 is 8.78 Å². The van der Waals surface area contributed by atoms with E-state index in [4.69, 9.17) is 0 Å². The number of nitrogens with zero attached hydrogens (tertiary/aromatic N) is 2. The molecule has 2 aromatic rings. The van der Waals surface area contributed by atoms with Gasteiger partial charge in [-0.05, 0) is 6.92 Å². The molecular weight excluding hydrogens is 274 g/mol. The Bertz CT molecular complexity index is 647. The van der Waals surface area contributed by atoms with Gasteiger partial charge in [-0.25, -0.2) is 13.8 Å². The van der Waals surface area contributed by atoms with Crippen molar-refractivity contribution in [3.8, 4) is 0 Å². The van der Waals surface area contributed by atoms with E-state index >= 15 is 0 Å². The van der Waals surface area contributed by atoms with Gasteiger partial charge in [-0.2, -0.15) is 0 Å². The molecule has 1 aliphatic rings. The van der Waals surface area contributed by atoms with Gasteiger partial charge in [-0.15, -0.1) is 0 Å². The number of imidazole rings is 1. The molecule has 0 bridgehead atoms. The SMILES string of the molecule is Cc1c(F)c(F)cc2[nH]c(C(C)CN3CCNCC3)nc12. The van der Waals surface area contributed by atoms with E-state index in [0.29, 0.717) is 11.0 Å². The minimum absolute atomic E-state index is 0.195. The molecule has 1 fully saturated rings. The summed E-state index contributed by atoms with van der Waals surface area (Å²) in [5.41, 5.74) is 1.35. The van der Waals surface area contributed by atoms with Crippen LogP contribution in [-0.2, 0) is 0 Å². The Morgan fingerprint density at radius 1 is 1.33 bits per heavy atom. The number of hydrogen-bond donors (Lipinski definition) is 2. The van der Waals surface area contributed by atoms with Crippen molar-refractivity contribution in [1.29, 1.82) is 0 Å². The lowest BCUT2D eigenvalue weighted by atomic mass is 10.1. The second-order valence-electron chi connectivity index (χ2n) is 5.77.